The second-order valence-electron chi connectivity index (χ2n) is 4.79. The first-order chi connectivity index (χ1) is 8.58. The molecule has 3 N–H and O–H groups in total. The second kappa shape index (κ2) is 5.12. The van der Waals surface area contributed by atoms with Gasteiger partial charge in [-0.2, -0.15) is 0 Å². The highest BCUT2D eigenvalue weighted by Gasteiger charge is 2.13. The summed E-state index contributed by atoms with van der Waals surface area (Å²) in [6, 6.07) is 5.84. The number of nitrogens with two attached hydrogens (primary N) is 1. The Morgan fingerprint density at radius 1 is 1.33 bits per heavy atom. The molecule has 0 aromatic heterocycles. The SMILES string of the molecule is CN(C)C(=O)c1ccc(NC2CC=CC2)c(N)c1. The molecule has 1 aromatic carbocycles. The van der Waals surface area contributed by atoms with Gasteiger partial charge in [-0.25, -0.2) is 0 Å². The first kappa shape index (κ1) is 12.5. The minimum atomic E-state index is -0.0317. The van der Waals surface area contributed by atoms with Gasteiger partial charge in [0.1, 0.15) is 0 Å². The Labute approximate surface area is 107 Å². The van der Waals surface area contributed by atoms with Gasteiger partial charge in [-0.1, -0.05) is 12.2 Å². The Hall–Kier alpha value is -1.97. The Morgan fingerprint density at radius 3 is 2.56 bits per heavy atom. The average Bonchev–Trinajstić information content (AvgIpc) is 2.83. The number of nitrogens with one attached hydrogen (secondary N) is 1. The summed E-state index contributed by atoms with van der Waals surface area (Å²) in [5, 5.41) is 3.39. The van der Waals surface area contributed by atoms with Crippen LogP contribution in [0.5, 0.6) is 0 Å². The van der Waals surface area contributed by atoms with Crippen LogP contribution in [-0.2, 0) is 0 Å². The van der Waals surface area contributed by atoms with Crippen LogP contribution in [-0.4, -0.2) is 30.9 Å². The monoisotopic (exact) mass is 245 g/mol. The van der Waals surface area contributed by atoms with Gasteiger partial charge in [-0.15, -0.1) is 0 Å². The van der Waals surface area contributed by atoms with Crippen LogP contribution in [0.2, 0.25) is 0 Å². The van der Waals surface area contributed by atoms with E-state index in [4.69, 9.17) is 5.73 Å². The molecule has 0 heterocycles. The van der Waals surface area contributed by atoms with E-state index in [1.54, 1.807) is 25.1 Å². The Balaban J connectivity index is 2.12. The third-order valence-electron chi connectivity index (χ3n) is 3.07. The number of nitrogen functional groups attached to an aromatic ring is 1. The molecule has 0 saturated carbocycles. The summed E-state index contributed by atoms with van der Waals surface area (Å²) in [6.45, 7) is 0. The summed E-state index contributed by atoms with van der Waals surface area (Å²) in [5.41, 5.74) is 8.12. The van der Waals surface area contributed by atoms with Crippen molar-refractivity contribution >= 4 is 17.3 Å². The van der Waals surface area contributed by atoms with Crippen LogP contribution in [0, 0.1) is 0 Å². The average molecular weight is 245 g/mol. The van der Waals surface area contributed by atoms with E-state index in [0.29, 0.717) is 17.3 Å². The highest BCUT2D eigenvalue weighted by molar-refractivity contribution is 5.95. The van der Waals surface area contributed by atoms with Crippen LogP contribution in [0.1, 0.15) is 23.2 Å². The highest BCUT2D eigenvalue weighted by Crippen LogP contribution is 2.24. The van der Waals surface area contributed by atoms with E-state index >= 15 is 0 Å². The van der Waals surface area contributed by atoms with E-state index < -0.39 is 0 Å². The molecule has 0 atom stereocenters. The molecule has 1 amide bonds. The molecular formula is C14H19N3O. The molecule has 1 aromatic rings. The fourth-order valence-electron chi connectivity index (χ4n) is 2.04. The van der Waals surface area contributed by atoms with Gasteiger partial charge in [0, 0.05) is 25.7 Å². The molecule has 96 valence electrons. The van der Waals surface area contributed by atoms with Gasteiger partial charge in [-0.3, -0.25) is 4.79 Å². The van der Waals surface area contributed by atoms with Crippen LogP contribution in [0.15, 0.2) is 30.4 Å². The predicted molar refractivity (Wildman–Crippen MR) is 74.7 cm³/mol. The molecule has 1 aliphatic carbocycles. The first-order valence-electron chi connectivity index (χ1n) is 6.10. The van der Waals surface area contributed by atoms with Gasteiger partial charge < -0.3 is 16.0 Å². The van der Waals surface area contributed by atoms with Crippen molar-refractivity contribution < 1.29 is 4.79 Å². The van der Waals surface area contributed by atoms with E-state index in [0.717, 1.165) is 18.5 Å². The lowest BCUT2D eigenvalue weighted by Gasteiger charge is -2.17. The van der Waals surface area contributed by atoms with Crippen LogP contribution in [0.3, 0.4) is 0 Å². The number of hydrogen-bond acceptors (Lipinski definition) is 3. The molecule has 4 nitrogen and oxygen atoms in total. The van der Waals surface area contributed by atoms with E-state index in [-0.39, 0.29) is 5.91 Å². The fourth-order valence-corrected chi connectivity index (χ4v) is 2.04. The molecule has 0 bridgehead atoms. The Morgan fingerprint density at radius 2 is 2.00 bits per heavy atom. The molecule has 0 aliphatic heterocycles. The topological polar surface area (TPSA) is 58.4 Å². The van der Waals surface area contributed by atoms with Crippen molar-refractivity contribution in [1.82, 2.24) is 4.90 Å². The Kier molecular flexibility index (Phi) is 3.55. The maximum atomic E-state index is 11.8. The van der Waals surface area contributed by atoms with Gasteiger partial charge in [0.25, 0.3) is 5.91 Å². The zero-order valence-electron chi connectivity index (χ0n) is 10.8. The van der Waals surface area contributed by atoms with Crippen molar-refractivity contribution in [2.24, 2.45) is 0 Å². The Bertz CT molecular complexity index is 472. The number of hydrogen-bond donors (Lipinski definition) is 2. The second-order valence-corrected chi connectivity index (χ2v) is 4.79. The lowest BCUT2D eigenvalue weighted by molar-refractivity contribution is 0.0827. The molecule has 1 aliphatic rings. The maximum Gasteiger partial charge on any atom is 0.253 e. The molecule has 0 radical (unpaired) electrons. The summed E-state index contributed by atoms with van der Waals surface area (Å²) in [7, 11) is 3.46. The fraction of sp³-hybridized carbons (Fsp3) is 0.357. The van der Waals surface area contributed by atoms with Crippen LogP contribution in [0.4, 0.5) is 11.4 Å². The molecular weight excluding hydrogens is 226 g/mol. The van der Waals surface area contributed by atoms with Gasteiger partial charge in [0.15, 0.2) is 0 Å². The largest absolute Gasteiger partial charge is 0.397 e. The minimum Gasteiger partial charge on any atom is -0.397 e. The van der Waals surface area contributed by atoms with Crippen molar-refractivity contribution in [3.05, 3.63) is 35.9 Å². The number of nitrogens with zero attached hydrogens (tertiary/aromatic N) is 1. The maximum absolute atomic E-state index is 11.8. The zero-order chi connectivity index (χ0) is 13.1. The molecule has 0 saturated heterocycles. The quantitative estimate of drug-likeness (QED) is 0.633. The van der Waals surface area contributed by atoms with Gasteiger partial charge in [0.05, 0.1) is 11.4 Å². The summed E-state index contributed by atoms with van der Waals surface area (Å²) in [4.78, 5) is 13.3. The molecule has 4 heteroatoms. The van der Waals surface area contributed by atoms with Crippen LogP contribution >= 0.6 is 0 Å². The van der Waals surface area contributed by atoms with Gasteiger partial charge in [-0.05, 0) is 31.0 Å². The zero-order valence-corrected chi connectivity index (χ0v) is 10.8. The molecule has 18 heavy (non-hydrogen) atoms. The smallest absolute Gasteiger partial charge is 0.253 e. The summed E-state index contributed by atoms with van der Waals surface area (Å²) < 4.78 is 0. The molecule has 0 spiro atoms. The summed E-state index contributed by atoms with van der Waals surface area (Å²) in [6.07, 6.45) is 6.38. The van der Waals surface area contributed by atoms with Crippen molar-refractivity contribution in [2.45, 2.75) is 18.9 Å². The number of anilines is 2. The van der Waals surface area contributed by atoms with E-state index in [1.165, 1.54) is 0 Å². The molecule has 0 unspecified atom stereocenters. The van der Waals surface area contributed by atoms with Crippen LogP contribution in [0.25, 0.3) is 0 Å². The molecule has 0 fully saturated rings. The predicted octanol–water partition coefficient (Wildman–Crippen LogP) is 2.10. The van der Waals surface area contributed by atoms with Crippen LogP contribution < -0.4 is 11.1 Å². The van der Waals surface area contributed by atoms with Crippen molar-refractivity contribution in [3.63, 3.8) is 0 Å². The first-order valence-corrected chi connectivity index (χ1v) is 6.10. The standard InChI is InChI=1S/C14H19N3O/c1-17(2)14(18)10-7-8-13(12(15)9-10)16-11-5-3-4-6-11/h3-4,7-9,11,16H,5-6,15H2,1-2H3. The lowest BCUT2D eigenvalue weighted by atomic mass is 10.1. The number of rotatable bonds is 3. The number of amides is 1. The number of carbonyl (C=O) groups is 1. The normalized spacial score (nSPS) is 14.8. The van der Waals surface area contributed by atoms with Gasteiger partial charge >= 0.3 is 0 Å². The van der Waals surface area contributed by atoms with Crippen molar-refractivity contribution in [1.29, 1.82) is 0 Å². The third kappa shape index (κ3) is 2.64. The minimum absolute atomic E-state index is 0.0317. The lowest BCUT2D eigenvalue weighted by Crippen LogP contribution is -2.22. The van der Waals surface area contributed by atoms with Crippen molar-refractivity contribution in [3.8, 4) is 0 Å². The van der Waals surface area contributed by atoms with Crippen molar-refractivity contribution in [2.75, 3.05) is 25.1 Å². The summed E-state index contributed by atoms with van der Waals surface area (Å²) >= 11 is 0. The number of carbonyl (C=O) groups excluding carboxylic acids is 1. The van der Waals surface area contributed by atoms with Gasteiger partial charge in [0.2, 0.25) is 0 Å². The third-order valence-corrected chi connectivity index (χ3v) is 3.07. The van der Waals surface area contributed by atoms with E-state index in [2.05, 4.69) is 17.5 Å². The summed E-state index contributed by atoms with van der Waals surface area (Å²) in [5.74, 6) is -0.0317. The molecule has 2 rings (SSSR count). The highest BCUT2D eigenvalue weighted by atomic mass is 16.2. The number of benzene rings is 1. The van der Waals surface area contributed by atoms with E-state index in [9.17, 15) is 4.79 Å². The van der Waals surface area contributed by atoms with E-state index in [1.807, 2.05) is 12.1 Å².